The molecule has 1 aliphatic heterocycles. The molecule has 1 aliphatic rings. The number of likely N-dealkylation sites (tertiary alicyclic amines) is 1. The first-order valence-electron chi connectivity index (χ1n) is 11.0. The van der Waals surface area contributed by atoms with Gasteiger partial charge in [-0.15, -0.1) is 0 Å². The second-order valence-corrected chi connectivity index (χ2v) is 8.12. The van der Waals surface area contributed by atoms with Crippen LogP contribution in [-0.4, -0.2) is 68.2 Å². The molecule has 1 saturated heterocycles. The summed E-state index contributed by atoms with van der Waals surface area (Å²) in [5.74, 6) is -3.22. The smallest absolute Gasteiger partial charge is 0.475 e. The van der Waals surface area contributed by atoms with Crippen molar-refractivity contribution in [3.63, 3.8) is 0 Å². The average Bonchev–Trinajstić information content (AvgIpc) is 3.33. The van der Waals surface area contributed by atoms with Crippen LogP contribution in [0.4, 0.5) is 18.9 Å². The third-order valence-corrected chi connectivity index (χ3v) is 5.85. The molecule has 192 valence electrons. The van der Waals surface area contributed by atoms with Crippen molar-refractivity contribution in [1.29, 1.82) is 0 Å². The minimum absolute atomic E-state index is 0.275. The van der Waals surface area contributed by atoms with Gasteiger partial charge < -0.3 is 21.1 Å². The van der Waals surface area contributed by atoms with Crippen molar-refractivity contribution in [2.24, 2.45) is 11.7 Å². The van der Waals surface area contributed by atoms with Crippen LogP contribution in [0.3, 0.4) is 0 Å². The molecule has 0 bridgehead atoms. The number of amides is 2. The molecule has 13 heteroatoms. The Morgan fingerprint density at radius 2 is 1.75 bits per heavy atom. The number of pyridine rings is 1. The number of carbonyl (C=O) groups excluding carboxylic acids is 2. The second kappa shape index (κ2) is 11.6. The van der Waals surface area contributed by atoms with Crippen molar-refractivity contribution in [2.45, 2.75) is 24.9 Å². The lowest BCUT2D eigenvalue weighted by atomic mass is 9.80. The summed E-state index contributed by atoms with van der Waals surface area (Å²) in [5.41, 5.74) is 8.45. The molecule has 2 amide bonds. The van der Waals surface area contributed by atoms with Crippen LogP contribution in [0.2, 0.25) is 0 Å². The SMILES string of the molecule is NCC(c1ccccc1)C1CCN(C(=O)C(=O)Nc2ccc3ncnn3c2)CC1.O=C(O)C(F)(F)F. The Hall–Kier alpha value is -4.00. The van der Waals surface area contributed by atoms with Crippen LogP contribution in [0, 0.1) is 5.92 Å². The fourth-order valence-electron chi connectivity index (χ4n) is 4.02. The topological polar surface area (TPSA) is 143 Å². The number of hydrogen-bond donors (Lipinski definition) is 3. The summed E-state index contributed by atoms with van der Waals surface area (Å²) < 4.78 is 33.3. The summed E-state index contributed by atoms with van der Waals surface area (Å²) >= 11 is 0. The Bertz CT molecular complexity index is 1190. The molecule has 0 saturated carbocycles. The Labute approximate surface area is 203 Å². The minimum atomic E-state index is -5.08. The predicted molar refractivity (Wildman–Crippen MR) is 123 cm³/mol. The second-order valence-electron chi connectivity index (χ2n) is 8.12. The lowest BCUT2D eigenvalue weighted by Crippen LogP contribution is -2.45. The third kappa shape index (κ3) is 6.78. The molecule has 10 nitrogen and oxygen atoms in total. The normalized spacial score (nSPS) is 15.1. The molecule has 1 unspecified atom stereocenters. The highest BCUT2D eigenvalue weighted by Gasteiger charge is 2.38. The molecular formula is C23H25F3N6O4. The van der Waals surface area contributed by atoms with E-state index in [4.69, 9.17) is 15.6 Å². The van der Waals surface area contributed by atoms with Gasteiger partial charge in [0, 0.05) is 13.1 Å². The number of halogens is 3. The molecule has 3 heterocycles. The van der Waals surface area contributed by atoms with Crippen molar-refractivity contribution in [3.8, 4) is 0 Å². The van der Waals surface area contributed by atoms with Gasteiger partial charge in [0.15, 0.2) is 5.65 Å². The lowest BCUT2D eigenvalue weighted by Gasteiger charge is -2.35. The summed E-state index contributed by atoms with van der Waals surface area (Å²) in [7, 11) is 0. The fraction of sp³-hybridized carbons (Fsp3) is 0.348. The van der Waals surface area contributed by atoms with E-state index in [-0.39, 0.29) is 5.92 Å². The number of nitrogens with one attached hydrogen (secondary N) is 1. The maximum Gasteiger partial charge on any atom is 0.490 e. The van der Waals surface area contributed by atoms with Gasteiger partial charge in [-0.2, -0.15) is 18.3 Å². The number of piperidine rings is 1. The first-order valence-corrected chi connectivity index (χ1v) is 11.0. The number of carboxylic acid groups (broad SMARTS) is 1. The van der Waals surface area contributed by atoms with Crippen molar-refractivity contribution in [2.75, 3.05) is 25.0 Å². The first kappa shape index (κ1) is 26.6. The van der Waals surface area contributed by atoms with Crippen LogP contribution >= 0.6 is 0 Å². The molecule has 0 aliphatic carbocycles. The van der Waals surface area contributed by atoms with E-state index >= 15 is 0 Å². The molecule has 1 atom stereocenters. The zero-order valence-corrected chi connectivity index (χ0v) is 19.1. The molecule has 3 aromatic rings. The van der Waals surface area contributed by atoms with Crippen molar-refractivity contribution >= 4 is 29.1 Å². The van der Waals surface area contributed by atoms with Crippen LogP contribution < -0.4 is 11.1 Å². The molecule has 1 fully saturated rings. The highest BCUT2D eigenvalue weighted by Crippen LogP contribution is 2.32. The van der Waals surface area contributed by atoms with E-state index in [1.54, 1.807) is 27.7 Å². The van der Waals surface area contributed by atoms with Gasteiger partial charge in [0.25, 0.3) is 0 Å². The van der Waals surface area contributed by atoms with Crippen LogP contribution in [0.15, 0.2) is 55.0 Å². The molecule has 2 aromatic heterocycles. The minimum Gasteiger partial charge on any atom is -0.475 e. The summed E-state index contributed by atoms with van der Waals surface area (Å²) in [6.45, 7) is 1.69. The third-order valence-electron chi connectivity index (χ3n) is 5.85. The summed E-state index contributed by atoms with van der Waals surface area (Å²) in [6.07, 6.45) is -0.354. The molecule has 4 N–H and O–H groups in total. The monoisotopic (exact) mass is 506 g/mol. The number of carbonyl (C=O) groups is 3. The summed E-state index contributed by atoms with van der Waals surface area (Å²) in [4.78, 5) is 39.6. The lowest BCUT2D eigenvalue weighted by molar-refractivity contribution is -0.192. The van der Waals surface area contributed by atoms with Gasteiger partial charge in [-0.25, -0.2) is 14.3 Å². The van der Waals surface area contributed by atoms with Gasteiger partial charge in [0.2, 0.25) is 0 Å². The van der Waals surface area contributed by atoms with E-state index in [9.17, 15) is 22.8 Å². The number of nitrogens with two attached hydrogens (primary N) is 1. The van der Waals surface area contributed by atoms with Crippen molar-refractivity contribution in [1.82, 2.24) is 19.5 Å². The molecule has 36 heavy (non-hydrogen) atoms. The molecule has 0 spiro atoms. The Kier molecular flexibility index (Phi) is 8.59. The van der Waals surface area contributed by atoms with Gasteiger partial charge in [-0.1, -0.05) is 30.3 Å². The fourth-order valence-corrected chi connectivity index (χ4v) is 4.02. The highest BCUT2D eigenvalue weighted by molar-refractivity contribution is 6.39. The number of anilines is 1. The maximum atomic E-state index is 12.6. The van der Waals surface area contributed by atoms with Gasteiger partial charge in [-0.3, -0.25) is 9.59 Å². The van der Waals surface area contributed by atoms with E-state index in [0.29, 0.717) is 36.9 Å². The van der Waals surface area contributed by atoms with Crippen LogP contribution in [-0.2, 0) is 14.4 Å². The predicted octanol–water partition coefficient (Wildman–Crippen LogP) is 2.28. The van der Waals surface area contributed by atoms with Gasteiger partial charge in [-0.05, 0) is 48.9 Å². The quantitative estimate of drug-likeness (QED) is 0.461. The number of carboxylic acids is 1. The molecular weight excluding hydrogens is 481 g/mol. The van der Waals surface area contributed by atoms with Gasteiger partial charge in [0.1, 0.15) is 6.33 Å². The number of fused-ring (bicyclic) bond motifs is 1. The largest absolute Gasteiger partial charge is 0.490 e. The first-order chi connectivity index (χ1) is 17.1. The van der Waals surface area contributed by atoms with Gasteiger partial charge >= 0.3 is 24.0 Å². The summed E-state index contributed by atoms with van der Waals surface area (Å²) in [6, 6.07) is 13.7. The van der Waals surface area contributed by atoms with E-state index in [1.807, 2.05) is 18.2 Å². The number of aliphatic carboxylic acids is 1. The highest BCUT2D eigenvalue weighted by atomic mass is 19.4. The van der Waals surface area contributed by atoms with Crippen LogP contribution in [0.1, 0.15) is 24.3 Å². The molecule has 1 aromatic carbocycles. The maximum absolute atomic E-state index is 12.6. The van der Waals surface area contributed by atoms with Gasteiger partial charge in [0.05, 0.1) is 11.9 Å². The Balaban J connectivity index is 0.000000454. The average molecular weight is 506 g/mol. The van der Waals surface area contributed by atoms with Crippen molar-refractivity contribution < 1.29 is 32.7 Å². The number of hydrogen-bond acceptors (Lipinski definition) is 6. The standard InChI is InChI=1S/C21H24N6O2.C2HF3O2/c22-12-18(15-4-2-1-3-5-15)16-8-10-26(11-9-16)21(29)20(28)25-17-6-7-19-23-14-24-27(19)13-17;3-2(4,5)1(6)7/h1-7,13-14,16,18H,8-12,22H2,(H,25,28);(H,6,7). The number of rotatable bonds is 4. The molecule has 4 rings (SSSR count). The van der Waals surface area contributed by atoms with Crippen molar-refractivity contribution in [3.05, 3.63) is 60.6 Å². The van der Waals surface area contributed by atoms with Crippen LogP contribution in [0.5, 0.6) is 0 Å². The van der Waals surface area contributed by atoms with E-state index in [0.717, 1.165) is 12.8 Å². The zero-order chi connectivity index (χ0) is 26.3. The number of benzene rings is 1. The zero-order valence-electron chi connectivity index (χ0n) is 19.1. The van der Waals surface area contributed by atoms with E-state index in [1.165, 1.54) is 11.9 Å². The Morgan fingerprint density at radius 3 is 2.33 bits per heavy atom. The molecule has 0 radical (unpaired) electrons. The van der Waals surface area contributed by atoms with Crippen LogP contribution in [0.25, 0.3) is 5.65 Å². The number of aromatic nitrogens is 3. The van der Waals surface area contributed by atoms with E-state index < -0.39 is 24.0 Å². The number of alkyl halides is 3. The van der Waals surface area contributed by atoms with E-state index in [2.05, 4.69) is 27.5 Å². The summed E-state index contributed by atoms with van der Waals surface area (Å²) in [5, 5.41) is 13.8. The Morgan fingerprint density at radius 1 is 1.11 bits per heavy atom. The number of nitrogens with zero attached hydrogens (tertiary/aromatic N) is 4.